The predicted octanol–water partition coefficient (Wildman–Crippen LogP) is 4.49. The van der Waals surface area contributed by atoms with E-state index in [0.717, 1.165) is 24.1 Å². The first-order valence-electron chi connectivity index (χ1n) is 11.5. The summed E-state index contributed by atoms with van der Waals surface area (Å²) in [6, 6.07) is 12.3. The number of likely N-dealkylation sites (N-methyl/N-ethyl adjacent to an activating group) is 1. The number of rotatable bonds is 5. The Morgan fingerprint density at radius 2 is 1.97 bits per heavy atom. The lowest BCUT2D eigenvalue weighted by Crippen LogP contribution is -2.68. The number of nitrogens with one attached hydrogen (secondary N) is 1. The molecule has 2 aromatic rings. The van der Waals surface area contributed by atoms with Crippen molar-refractivity contribution in [3.05, 3.63) is 63.6 Å². The van der Waals surface area contributed by atoms with Crippen LogP contribution in [0.15, 0.2) is 42.5 Å². The number of likely N-dealkylation sites (tertiary alicyclic amines) is 1. The Labute approximate surface area is 210 Å². The van der Waals surface area contributed by atoms with E-state index in [2.05, 4.69) is 10.2 Å². The molecule has 182 valence electrons. The standard InChI is InChI=1S/C26H30Cl2N2O4/c1-17(31)34-26-9-8-20(29-24(33)13-18-6-7-22(27)23(28)12-18)15-25(26,10-11-30(2)16-26)19-4-3-5-21(32)14-19/h3-7,12,14,20,32H,8-11,13,15-16H2,1-2H3,(H,29,33). The van der Waals surface area contributed by atoms with Gasteiger partial charge in [-0.2, -0.15) is 0 Å². The van der Waals surface area contributed by atoms with Crippen LogP contribution < -0.4 is 5.32 Å². The van der Waals surface area contributed by atoms with Crippen molar-refractivity contribution in [3.63, 3.8) is 0 Å². The van der Waals surface area contributed by atoms with E-state index in [-0.39, 0.29) is 30.1 Å². The molecule has 2 N–H and O–H groups in total. The minimum Gasteiger partial charge on any atom is -0.508 e. The average Bonchev–Trinajstić information content (AvgIpc) is 2.76. The molecular weight excluding hydrogens is 475 g/mol. The van der Waals surface area contributed by atoms with Crippen LogP contribution in [0, 0.1) is 0 Å². The fourth-order valence-corrected chi connectivity index (χ4v) is 6.15. The lowest BCUT2D eigenvalue weighted by molar-refractivity contribution is -0.185. The van der Waals surface area contributed by atoms with Gasteiger partial charge < -0.3 is 20.1 Å². The zero-order chi connectivity index (χ0) is 24.5. The molecule has 0 bridgehead atoms. The number of benzene rings is 2. The van der Waals surface area contributed by atoms with E-state index < -0.39 is 11.0 Å². The van der Waals surface area contributed by atoms with Gasteiger partial charge in [0.05, 0.1) is 16.5 Å². The van der Waals surface area contributed by atoms with E-state index in [1.807, 2.05) is 19.2 Å². The van der Waals surface area contributed by atoms with Crippen LogP contribution in [0.3, 0.4) is 0 Å². The number of halogens is 2. The van der Waals surface area contributed by atoms with Crippen molar-refractivity contribution in [2.24, 2.45) is 0 Å². The van der Waals surface area contributed by atoms with Gasteiger partial charge in [0.25, 0.3) is 0 Å². The van der Waals surface area contributed by atoms with Crippen molar-refractivity contribution in [3.8, 4) is 5.75 Å². The third-order valence-corrected chi connectivity index (χ3v) is 8.00. The Morgan fingerprint density at radius 3 is 2.68 bits per heavy atom. The number of phenolic OH excluding ortho intramolecular Hbond substituents is 1. The van der Waals surface area contributed by atoms with Crippen molar-refractivity contribution < 1.29 is 19.4 Å². The number of hydrogen-bond donors (Lipinski definition) is 2. The molecule has 1 saturated carbocycles. The van der Waals surface area contributed by atoms with Crippen LogP contribution in [-0.4, -0.2) is 53.7 Å². The van der Waals surface area contributed by atoms with Crippen LogP contribution in [0.2, 0.25) is 10.0 Å². The molecule has 1 amide bonds. The molecule has 3 unspecified atom stereocenters. The molecule has 2 aromatic carbocycles. The average molecular weight is 505 g/mol. The monoisotopic (exact) mass is 504 g/mol. The molecule has 34 heavy (non-hydrogen) atoms. The summed E-state index contributed by atoms with van der Waals surface area (Å²) in [5.74, 6) is -0.238. The molecule has 2 aliphatic rings. The highest BCUT2D eigenvalue weighted by Gasteiger charge is 2.60. The first-order valence-corrected chi connectivity index (χ1v) is 12.3. The van der Waals surface area contributed by atoms with Gasteiger partial charge >= 0.3 is 5.97 Å². The number of nitrogens with zero attached hydrogens (tertiary/aromatic N) is 1. The summed E-state index contributed by atoms with van der Waals surface area (Å²) in [4.78, 5) is 27.4. The highest BCUT2D eigenvalue weighted by Crippen LogP contribution is 2.53. The highest BCUT2D eigenvalue weighted by molar-refractivity contribution is 6.42. The SMILES string of the molecule is CC(=O)OC12CCC(NC(=O)Cc3ccc(Cl)c(Cl)c3)CC1(c1cccc(O)c1)CCN(C)C2. The maximum Gasteiger partial charge on any atom is 0.303 e. The molecule has 3 atom stereocenters. The Hall–Kier alpha value is -2.28. The third-order valence-electron chi connectivity index (χ3n) is 7.26. The molecule has 1 aliphatic heterocycles. The van der Waals surface area contributed by atoms with E-state index in [0.29, 0.717) is 35.9 Å². The molecule has 0 radical (unpaired) electrons. The van der Waals surface area contributed by atoms with Crippen molar-refractivity contribution >= 4 is 35.1 Å². The van der Waals surface area contributed by atoms with E-state index in [9.17, 15) is 14.7 Å². The Bertz CT molecular complexity index is 1090. The normalized spacial score (nSPS) is 27.0. The van der Waals surface area contributed by atoms with E-state index >= 15 is 0 Å². The number of carbonyl (C=O) groups excluding carboxylic acids is 2. The second-order valence-electron chi connectivity index (χ2n) is 9.64. The zero-order valence-corrected chi connectivity index (χ0v) is 21.0. The molecule has 6 nitrogen and oxygen atoms in total. The number of piperidine rings is 1. The zero-order valence-electron chi connectivity index (χ0n) is 19.4. The van der Waals surface area contributed by atoms with Crippen molar-refractivity contribution in [1.29, 1.82) is 0 Å². The number of aromatic hydroxyl groups is 1. The summed E-state index contributed by atoms with van der Waals surface area (Å²) in [5, 5.41) is 14.3. The summed E-state index contributed by atoms with van der Waals surface area (Å²) in [5.41, 5.74) is 0.470. The van der Waals surface area contributed by atoms with E-state index in [1.54, 1.807) is 30.3 Å². The van der Waals surface area contributed by atoms with Crippen molar-refractivity contribution in [2.75, 3.05) is 20.1 Å². The van der Waals surface area contributed by atoms with Crippen LogP contribution in [0.25, 0.3) is 0 Å². The minimum atomic E-state index is -0.732. The summed E-state index contributed by atoms with van der Waals surface area (Å²) in [7, 11) is 2.03. The fraction of sp³-hybridized carbons (Fsp3) is 0.462. The number of phenols is 1. The summed E-state index contributed by atoms with van der Waals surface area (Å²) in [6.45, 7) is 2.87. The number of carbonyl (C=O) groups is 2. The van der Waals surface area contributed by atoms with Gasteiger partial charge in [-0.3, -0.25) is 9.59 Å². The van der Waals surface area contributed by atoms with Gasteiger partial charge in [-0.05, 0) is 74.7 Å². The highest BCUT2D eigenvalue weighted by atomic mass is 35.5. The van der Waals surface area contributed by atoms with Gasteiger partial charge in [0.1, 0.15) is 11.4 Å². The Kier molecular flexibility index (Phi) is 7.13. The molecule has 8 heteroatoms. The van der Waals surface area contributed by atoms with Crippen molar-refractivity contribution in [1.82, 2.24) is 10.2 Å². The van der Waals surface area contributed by atoms with Crippen LogP contribution in [0.4, 0.5) is 0 Å². The third kappa shape index (κ3) is 4.90. The lowest BCUT2D eigenvalue weighted by atomic mass is 9.55. The largest absolute Gasteiger partial charge is 0.508 e. The number of esters is 1. The number of fused-ring (bicyclic) bond motifs is 1. The first kappa shape index (κ1) is 24.8. The van der Waals surface area contributed by atoms with Gasteiger partial charge in [-0.25, -0.2) is 0 Å². The second kappa shape index (κ2) is 9.76. The molecule has 1 aliphatic carbocycles. The van der Waals surface area contributed by atoms with Crippen LogP contribution in [0.1, 0.15) is 43.7 Å². The van der Waals surface area contributed by atoms with Gasteiger partial charge in [0.15, 0.2) is 0 Å². The molecule has 0 spiro atoms. The fourth-order valence-electron chi connectivity index (χ4n) is 5.83. The summed E-state index contributed by atoms with van der Waals surface area (Å²) in [6.07, 6.45) is 2.87. The smallest absolute Gasteiger partial charge is 0.303 e. The number of ether oxygens (including phenoxy) is 1. The van der Waals surface area contributed by atoms with Gasteiger partial charge in [0.2, 0.25) is 5.91 Å². The van der Waals surface area contributed by atoms with E-state index in [4.69, 9.17) is 27.9 Å². The van der Waals surface area contributed by atoms with E-state index in [1.165, 1.54) is 6.92 Å². The second-order valence-corrected chi connectivity index (χ2v) is 10.5. The number of hydrogen-bond acceptors (Lipinski definition) is 5. The topological polar surface area (TPSA) is 78.9 Å². The Morgan fingerprint density at radius 1 is 1.18 bits per heavy atom. The lowest BCUT2D eigenvalue weighted by Gasteiger charge is -2.59. The summed E-state index contributed by atoms with van der Waals surface area (Å²) >= 11 is 12.1. The van der Waals surface area contributed by atoms with Gasteiger partial charge in [-0.15, -0.1) is 0 Å². The quantitative estimate of drug-likeness (QED) is 0.586. The maximum atomic E-state index is 12.9. The number of amides is 1. The Balaban J connectivity index is 1.62. The molecule has 0 aromatic heterocycles. The van der Waals surface area contributed by atoms with Crippen LogP contribution in [-0.2, 0) is 26.2 Å². The van der Waals surface area contributed by atoms with Gasteiger partial charge in [-0.1, -0.05) is 41.4 Å². The molecular formula is C26H30Cl2N2O4. The molecule has 1 saturated heterocycles. The molecule has 4 rings (SSSR count). The molecule has 1 heterocycles. The predicted molar refractivity (Wildman–Crippen MR) is 132 cm³/mol. The minimum absolute atomic E-state index is 0.0929. The van der Waals surface area contributed by atoms with Crippen LogP contribution in [0.5, 0.6) is 5.75 Å². The maximum absolute atomic E-state index is 12.9. The van der Waals surface area contributed by atoms with Crippen LogP contribution >= 0.6 is 23.2 Å². The first-order chi connectivity index (χ1) is 16.1. The molecule has 2 fully saturated rings. The van der Waals surface area contributed by atoms with Crippen molar-refractivity contribution in [2.45, 2.75) is 56.1 Å². The van der Waals surface area contributed by atoms with Gasteiger partial charge in [0, 0.05) is 24.9 Å². The summed E-state index contributed by atoms with van der Waals surface area (Å²) < 4.78 is 6.12.